The Hall–Kier alpha value is -2.75. The smallest absolute Gasteiger partial charge is 0.355 e. The molecule has 0 bridgehead atoms. The molecule has 0 spiro atoms. The topological polar surface area (TPSA) is 51.5 Å². The van der Waals surface area contributed by atoms with Crippen LogP contribution in [-0.2, 0) is 17.7 Å². The first-order valence-corrected chi connectivity index (χ1v) is 7.29. The van der Waals surface area contributed by atoms with E-state index in [2.05, 4.69) is 0 Å². The molecule has 0 unspecified atom stereocenters. The summed E-state index contributed by atoms with van der Waals surface area (Å²) < 4.78 is 7.21. The van der Waals surface area contributed by atoms with Gasteiger partial charge < -0.3 is 14.4 Å². The number of carbonyl (C=O) groups excluding carboxylic acids is 1. The molecule has 1 N–H and O–H groups in total. The number of ether oxygens (including phenoxy) is 1. The molecule has 22 heavy (non-hydrogen) atoms. The molecule has 2 heterocycles. The minimum Gasteiger partial charge on any atom is -0.508 e. The van der Waals surface area contributed by atoms with E-state index < -0.39 is 0 Å². The summed E-state index contributed by atoms with van der Waals surface area (Å²) in [4.78, 5) is 12.2. The molecule has 0 fully saturated rings. The van der Waals surface area contributed by atoms with Gasteiger partial charge in [0, 0.05) is 23.9 Å². The summed E-state index contributed by atoms with van der Waals surface area (Å²) in [6, 6.07) is 15.1. The van der Waals surface area contributed by atoms with Crippen LogP contribution in [-0.4, -0.2) is 22.2 Å². The standard InChI is InChI=1S/C18H15NO3/c20-13-5-3-4-12(10-13)11-19-16-7-2-1-6-14(16)15-8-9-22-18(21)17(15)19/h1-7,10,20H,8-9,11H2. The molecule has 1 aliphatic heterocycles. The first kappa shape index (κ1) is 13.0. The van der Waals surface area contributed by atoms with E-state index in [9.17, 15) is 9.90 Å². The van der Waals surface area contributed by atoms with Gasteiger partial charge in [0.05, 0.1) is 6.61 Å². The van der Waals surface area contributed by atoms with E-state index in [0.29, 0.717) is 18.8 Å². The monoisotopic (exact) mass is 293 g/mol. The number of rotatable bonds is 2. The van der Waals surface area contributed by atoms with Crippen LogP contribution in [0.5, 0.6) is 5.75 Å². The van der Waals surface area contributed by atoms with Crippen molar-refractivity contribution >= 4 is 16.9 Å². The molecule has 1 aliphatic rings. The molecule has 0 amide bonds. The summed E-state index contributed by atoms with van der Waals surface area (Å²) in [5.41, 5.74) is 3.67. The van der Waals surface area contributed by atoms with Crippen LogP contribution in [0.15, 0.2) is 48.5 Å². The SMILES string of the molecule is O=C1OCCc2c1n(Cc1cccc(O)c1)c1ccccc21. The third-order valence-electron chi connectivity index (χ3n) is 4.11. The molecular formula is C18H15NO3. The molecule has 0 aliphatic carbocycles. The van der Waals surface area contributed by atoms with Crippen molar-refractivity contribution in [3.63, 3.8) is 0 Å². The molecule has 2 aromatic carbocycles. The number of cyclic esters (lactones) is 1. The number of phenolic OH excluding ortho intramolecular Hbond substituents is 1. The Morgan fingerprint density at radius 2 is 2.00 bits per heavy atom. The summed E-state index contributed by atoms with van der Waals surface area (Å²) in [5.74, 6) is -0.0389. The zero-order chi connectivity index (χ0) is 15.1. The van der Waals surface area contributed by atoms with E-state index in [4.69, 9.17) is 4.74 Å². The Balaban J connectivity index is 1.93. The molecule has 110 valence electrons. The highest BCUT2D eigenvalue weighted by molar-refractivity contribution is 6.00. The van der Waals surface area contributed by atoms with Crippen LogP contribution >= 0.6 is 0 Å². The van der Waals surface area contributed by atoms with Crippen molar-refractivity contribution in [2.45, 2.75) is 13.0 Å². The second kappa shape index (κ2) is 4.91. The molecule has 3 aromatic rings. The predicted octanol–water partition coefficient (Wildman–Crippen LogP) is 3.11. The average Bonchev–Trinajstić information content (AvgIpc) is 2.84. The summed E-state index contributed by atoms with van der Waals surface area (Å²) in [7, 11) is 0. The lowest BCUT2D eigenvalue weighted by molar-refractivity contribution is 0.0468. The zero-order valence-electron chi connectivity index (χ0n) is 12.0. The van der Waals surface area contributed by atoms with Crippen LogP contribution in [0.3, 0.4) is 0 Å². The first-order chi connectivity index (χ1) is 10.7. The summed E-state index contributed by atoms with van der Waals surface area (Å²) in [6.07, 6.45) is 0.745. The lowest BCUT2D eigenvalue weighted by atomic mass is 10.1. The molecule has 0 atom stereocenters. The molecular weight excluding hydrogens is 278 g/mol. The van der Waals surface area contributed by atoms with E-state index in [1.165, 1.54) is 0 Å². The van der Waals surface area contributed by atoms with Gasteiger partial charge in [-0.2, -0.15) is 0 Å². The van der Waals surface area contributed by atoms with Gasteiger partial charge in [0.25, 0.3) is 0 Å². The van der Waals surface area contributed by atoms with Gasteiger partial charge in [-0.15, -0.1) is 0 Å². The first-order valence-electron chi connectivity index (χ1n) is 7.29. The van der Waals surface area contributed by atoms with Gasteiger partial charge in [-0.05, 0) is 29.3 Å². The lowest BCUT2D eigenvalue weighted by Crippen LogP contribution is -2.20. The van der Waals surface area contributed by atoms with Crippen molar-refractivity contribution in [3.8, 4) is 5.75 Å². The molecule has 1 aromatic heterocycles. The van der Waals surface area contributed by atoms with E-state index >= 15 is 0 Å². The van der Waals surface area contributed by atoms with Gasteiger partial charge in [-0.25, -0.2) is 4.79 Å². The van der Waals surface area contributed by atoms with Crippen LogP contribution in [0.4, 0.5) is 0 Å². The molecule has 0 saturated heterocycles. The fraction of sp³-hybridized carbons (Fsp3) is 0.167. The molecule has 0 radical (unpaired) electrons. The van der Waals surface area contributed by atoms with Crippen molar-refractivity contribution in [1.82, 2.24) is 4.57 Å². The van der Waals surface area contributed by atoms with Crippen molar-refractivity contribution in [2.24, 2.45) is 0 Å². The number of hydrogen-bond donors (Lipinski definition) is 1. The largest absolute Gasteiger partial charge is 0.508 e. The molecule has 4 heteroatoms. The average molecular weight is 293 g/mol. The Bertz CT molecular complexity index is 879. The fourth-order valence-electron chi connectivity index (χ4n) is 3.18. The molecule has 4 nitrogen and oxygen atoms in total. The van der Waals surface area contributed by atoms with Gasteiger partial charge in [0.1, 0.15) is 11.4 Å². The number of aromatic nitrogens is 1. The third kappa shape index (κ3) is 1.96. The second-order valence-corrected chi connectivity index (χ2v) is 5.49. The van der Waals surface area contributed by atoms with Crippen LogP contribution in [0.1, 0.15) is 21.6 Å². The Labute approximate surface area is 127 Å². The van der Waals surface area contributed by atoms with Gasteiger partial charge in [0.15, 0.2) is 0 Å². The maximum absolute atomic E-state index is 12.2. The van der Waals surface area contributed by atoms with Crippen molar-refractivity contribution in [3.05, 3.63) is 65.4 Å². The zero-order valence-corrected chi connectivity index (χ0v) is 12.0. The Kier molecular flexibility index (Phi) is 2.89. The minimum atomic E-state index is -0.266. The summed E-state index contributed by atoms with van der Waals surface area (Å²) >= 11 is 0. The fourth-order valence-corrected chi connectivity index (χ4v) is 3.18. The van der Waals surface area contributed by atoms with Crippen LogP contribution < -0.4 is 0 Å². The van der Waals surface area contributed by atoms with Crippen LogP contribution in [0.2, 0.25) is 0 Å². The number of carbonyl (C=O) groups is 1. The van der Waals surface area contributed by atoms with Gasteiger partial charge in [-0.1, -0.05) is 30.3 Å². The Morgan fingerprint density at radius 1 is 1.14 bits per heavy atom. The van der Waals surface area contributed by atoms with Gasteiger partial charge in [0.2, 0.25) is 0 Å². The maximum Gasteiger partial charge on any atom is 0.355 e. The number of esters is 1. The number of benzene rings is 2. The van der Waals surface area contributed by atoms with Crippen LogP contribution in [0.25, 0.3) is 10.9 Å². The van der Waals surface area contributed by atoms with Gasteiger partial charge in [-0.3, -0.25) is 0 Å². The number of fused-ring (bicyclic) bond motifs is 3. The molecule has 4 rings (SSSR count). The van der Waals surface area contributed by atoms with E-state index in [0.717, 1.165) is 28.5 Å². The van der Waals surface area contributed by atoms with E-state index in [1.807, 2.05) is 34.9 Å². The van der Waals surface area contributed by atoms with E-state index in [1.54, 1.807) is 18.2 Å². The Morgan fingerprint density at radius 3 is 2.86 bits per heavy atom. The van der Waals surface area contributed by atoms with Crippen molar-refractivity contribution < 1.29 is 14.6 Å². The number of para-hydroxylation sites is 1. The predicted molar refractivity (Wildman–Crippen MR) is 83.1 cm³/mol. The highest BCUT2D eigenvalue weighted by Gasteiger charge is 2.27. The van der Waals surface area contributed by atoms with Crippen molar-refractivity contribution in [2.75, 3.05) is 6.61 Å². The second-order valence-electron chi connectivity index (χ2n) is 5.49. The minimum absolute atomic E-state index is 0.227. The quantitative estimate of drug-likeness (QED) is 0.739. The molecule has 0 saturated carbocycles. The number of nitrogens with zero attached hydrogens (tertiary/aromatic N) is 1. The highest BCUT2D eigenvalue weighted by Crippen LogP contribution is 2.30. The van der Waals surface area contributed by atoms with Gasteiger partial charge >= 0.3 is 5.97 Å². The number of hydrogen-bond acceptors (Lipinski definition) is 3. The normalized spacial score (nSPS) is 13.9. The van der Waals surface area contributed by atoms with E-state index in [-0.39, 0.29) is 11.7 Å². The summed E-state index contributed by atoms with van der Waals surface area (Å²) in [6.45, 7) is 0.964. The van der Waals surface area contributed by atoms with Crippen LogP contribution in [0, 0.1) is 0 Å². The highest BCUT2D eigenvalue weighted by atomic mass is 16.5. The number of aromatic hydroxyl groups is 1. The van der Waals surface area contributed by atoms with Crippen molar-refractivity contribution in [1.29, 1.82) is 0 Å². The number of phenols is 1. The maximum atomic E-state index is 12.2. The third-order valence-corrected chi connectivity index (χ3v) is 4.11. The lowest BCUT2D eigenvalue weighted by Gasteiger charge is -2.15. The summed E-state index contributed by atoms with van der Waals surface area (Å²) in [5, 5.41) is 10.8.